The highest BCUT2D eigenvalue weighted by Crippen LogP contribution is 2.48. The number of rotatable bonds is 4. The van der Waals surface area contributed by atoms with Crippen molar-refractivity contribution in [1.29, 1.82) is 0 Å². The molecule has 6 nitrogen and oxygen atoms in total. The van der Waals surface area contributed by atoms with E-state index in [9.17, 15) is 9.59 Å². The summed E-state index contributed by atoms with van der Waals surface area (Å²) in [7, 11) is 0. The molecule has 1 saturated carbocycles. The highest BCUT2D eigenvalue weighted by Gasteiger charge is 2.45. The quantitative estimate of drug-likeness (QED) is 0.669. The van der Waals surface area contributed by atoms with E-state index < -0.39 is 17.8 Å². The van der Waals surface area contributed by atoms with E-state index in [1.54, 1.807) is 19.1 Å². The van der Waals surface area contributed by atoms with Gasteiger partial charge in [-0.15, -0.1) is 0 Å². The molecule has 3 atom stereocenters. The zero-order valence-corrected chi connectivity index (χ0v) is 17.5. The summed E-state index contributed by atoms with van der Waals surface area (Å²) < 4.78 is 16.6. The lowest BCUT2D eigenvalue weighted by Crippen LogP contribution is -2.39. The monoisotopic (exact) mass is 417 g/mol. The molecule has 29 heavy (non-hydrogen) atoms. The second-order valence-corrected chi connectivity index (χ2v) is 8.14. The number of ketones is 1. The van der Waals surface area contributed by atoms with Crippen molar-refractivity contribution < 1.29 is 23.8 Å². The maximum Gasteiger partial charge on any atom is 0.336 e. The van der Waals surface area contributed by atoms with Crippen molar-refractivity contribution in [3.63, 3.8) is 0 Å². The Hall–Kier alpha value is -2.34. The van der Waals surface area contributed by atoms with Crippen LogP contribution in [0.15, 0.2) is 28.4 Å². The topological polar surface area (TPSA) is 74.2 Å². The minimum absolute atomic E-state index is 0.0788. The average molecular weight is 418 g/mol. The number of esters is 1. The number of fused-ring (bicyclic) bond motifs is 2. The first-order chi connectivity index (χ1) is 13.9. The summed E-state index contributed by atoms with van der Waals surface area (Å²) in [6.45, 7) is 5.71. The molecule has 7 heteroatoms. The Labute approximate surface area is 174 Å². The number of carbonyl (C=O) groups is 2. The first-order valence-corrected chi connectivity index (χ1v) is 10.4. The third kappa shape index (κ3) is 3.54. The van der Waals surface area contributed by atoms with E-state index in [0.29, 0.717) is 46.2 Å². The summed E-state index contributed by atoms with van der Waals surface area (Å²) in [6.07, 6.45) is 2.44. The predicted molar refractivity (Wildman–Crippen MR) is 109 cm³/mol. The summed E-state index contributed by atoms with van der Waals surface area (Å²) in [5, 5.41) is 0.431. The van der Waals surface area contributed by atoms with E-state index in [-0.39, 0.29) is 18.7 Å². The van der Waals surface area contributed by atoms with Crippen LogP contribution in [0.1, 0.15) is 57.9 Å². The Morgan fingerprint density at radius 3 is 2.72 bits per heavy atom. The maximum absolute atomic E-state index is 13.1. The smallest absolute Gasteiger partial charge is 0.336 e. The van der Waals surface area contributed by atoms with Crippen LogP contribution >= 0.6 is 11.6 Å². The summed E-state index contributed by atoms with van der Waals surface area (Å²) >= 11 is 6.61. The normalized spacial score (nSPS) is 24.1. The van der Waals surface area contributed by atoms with E-state index in [1.807, 2.05) is 13.8 Å². The minimum Gasteiger partial charge on any atom is -0.459 e. The average Bonchev–Trinajstić information content (AvgIpc) is 3.13. The van der Waals surface area contributed by atoms with Gasteiger partial charge >= 0.3 is 5.97 Å². The third-order valence-electron chi connectivity index (χ3n) is 5.84. The Morgan fingerprint density at radius 2 is 2.00 bits per heavy atom. The van der Waals surface area contributed by atoms with Crippen LogP contribution in [0, 0.1) is 5.92 Å². The molecule has 0 saturated heterocycles. The fourth-order valence-electron chi connectivity index (χ4n) is 4.22. The van der Waals surface area contributed by atoms with Gasteiger partial charge in [-0.2, -0.15) is 0 Å². The molecule has 0 amide bonds. The lowest BCUT2D eigenvalue weighted by atomic mass is 9.69. The van der Waals surface area contributed by atoms with Crippen LogP contribution in [0.2, 0.25) is 5.02 Å². The van der Waals surface area contributed by atoms with Gasteiger partial charge in [-0.05, 0) is 44.7 Å². The van der Waals surface area contributed by atoms with E-state index in [0.717, 1.165) is 18.6 Å². The SMILES string of the molecule is CC[C@@H](C)OC(=O)C1=C(C)N=C2CCCC(=O)[C@H]2[C@@H]1c1cc2c(cc1Cl)OCO2. The van der Waals surface area contributed by atoms with Crippen molar-refractivity contribution >= 4 is 29.1 Å². The van der Waals surface area contributed by atoms with Gasteiger partial charge in [0.25, 0.3) is 0 Å². The molecule has 0 bridgehead atoms. The number of benzene rings is 1. The van der Waals surface area contributed by atoms with Crippen molar-refractivity contribution in [1.82, 2.24) is 0 Å². The second kappa shape index (κ2) is 7.82. The molecule has 0 radical (unpaired) electrons. The molecule has 154 valence electrons. The van der Waals surface area contributed by atoms with E-state index in [4.69, 9.17) is 25.8 Å². The number of allylic oxidation sites excluding steroid dienone is 1. The molecule has 1 fully saturated rings. The Balaban J connectivity index is 1.86. The summed E-state index contributed by atoms with van der Waals surface area (Å²) in [6, 6.07) is 3.47. The predicted octanol–water partition coefficient (Wildman–Crippen LogP) is 4.59. The molecular formula is C22H24ClNO5. The fourth-order valence-corrected chi connectivity index (χ4v) is 4.49. The third-order valence-corrected chi connectivity index (χ3v) is 6.16. The molecule has 2 heterocycles. The van der Waals surface area contributed by atoms with E-state index in [2.05, 4.69) is 4.99 Å². The van der Waals surface area contributed by atoms with Gasteiger partial charge in [0.15, 0.2) is 11.5 Å². The largest absolute Gasteiger partial charge is 0.459 e. The number of Topliss-reactive ketones (excluding diaryl/α,β-unsaturated/α-hetero) is 1. The van der Waals surface area contributed by atoms with Crippen LogP contribution in [0.5, 0.6) is 11.5 Å². The molecule has 0 spiro atoms. The number of hydrogen-bond acceptors (Lipinski definition) is 6. The van der Waals surface area contributed by atoms with E-state index in [1.165, 1.54) is 0 Å². The molecule has 3 aliphatic rings. The number of carbonyl (C=O) groups excluding carboxylic acids is 2. The minimum atomic E-state index is -0.547. The standard InChI is InChI=1S/C22H24ClNO5/c1-4-11(2)29-22(26)19-12(3)24-15-6-5-7-16(25)21(15)20(19)13-8-17-18(9-14(13)23)28-10-27-17/h8-9,11,20-21H,4-7,10H2,1-3H3/t11-,20-,21+/m1/s1. The lowest BCUT2D eigenvalue weighted by molar-refractivity contribution is -0.144. The molecular weight excluding hydrogens is 394 g/mol. The van der Waals surface area contributed by atoms with Gasteiger partial charge in [0.05, 0.1) is 17.6 Å². The van der Waals surface area contributed by atoms with Gasteiger partial charge in [0.1, 0.15) is 5.78 Å². The van der Waals surface area contributed by atoms with Crippen molar-refractivity contribution in [2.24, 2.45) is 10.9 Å². The molecule has 1 aromatic carbocycles. The number of nitrogens with zero attached hydrogens (tertiary/aromatic N) is 1. The molecule has 1 aliphatic carbocycles. The van der Waals surface area contributed by atoms with Crippen LogP contribution in [-0.2, 0) is 14.3 Å². The first-order valence-electron chi connectivity index (χ1n) is 10.0. The van der Waals surface area contributed by atoms with Crippen LogP contribution < -0.4 is 9.47 Å². The summed E-state index contributed by atoms with van der Waals surface area (Å²) in [5.41, 5.74) is 2.46. The molecule has 0 aromatic heterocycles. The summed E-state index contributed by atoms with van der Waals surface area (Å²) in [4.78, 5) is 30.7. The Bertz CT molecular complexity index is 935. The zero-order chi connectivity index (χ0) is 20.7. The number of aliphatic imine (C=N–C) groups is 1. The van der Waals surface area contributed by atoms with Gasteiger partial charge in [0.2, 0.25) is 6.79 Å². The lowest BCUT2D eigenvalue weighted by Gasteiger charge is -2.36. The van der Waals surface area contributed by atoms with Gasteiger partial charge in [-0.25, -0.2) is 4.79 Å². The highest BCUT2D eigenvalue weighted by molar-refractivity contribution is 6.32. The fraction of sp³-hybridized carbons (Fsp3) is 0.500. The number of ether oxygens (including phenoxy) is 3. The molecule has 1 aromatic rings. The Morgan fingerprint density at radius 1 is 1.28 bits per heavy atom. The first kappa shape index (κ1) is 20.0. The van der Waals surface area contributed by atoms with E-state index >= 15 is 0 Å². The molecule has 0 unspecified atom stereocenters. The van der Waals surface area contributed by atoms with Gasteiger partial charge in [0, 0.05) is 34.8 Å². The molecule has 2 aliphatic heterocycles. The van der Waals surface area contributed by atoms with Crippen molar-refractivity contribution in [3.05, 3.63) is 34.0 Å². The Kier molecular flexibility index (Phi) is 5.38. The van der Waals surface area contributed by atoms with Crippen LogP contribution in [0.25, 0.3) is 0 Å². The molecule has 4 rings (SSSR count). The molecule has 0 N–H and O–H groups in total. The van der Waals surface area contributed by atoms with Crippen LogP contribution in [-0.4, -0.2) is 30.4 Å². The highest BCUT2D eigenvalue weighted by atomic mass is 35.5. The zero-order valence-electron chi connectivity index (χ0n) is 16.8. The maximum atomic E-state index is 13.1. The van der Waals surface area contributed by atoms with Gasteiger partial charge in [-0.1, -0.05) is 18.5 Å². The van der Waals surface area contributed by atoms with Crippen LogP contribution in [0.3, 0.4) is 0 Å². The second-order valence-electron chi connectivity index (χ2n) is 7.73. The number of hydrogen-bond donors (Lipinski definition) is 0. The van der Waals surface area contributed by atoms with Crippen LogP contribution in [0.4, 0.5) is 0 Å². The van der Waals surface area contributed by atoms with Gasteiger partial charge < -0.3 is 14.2 Å². The van der Waals surface area contributed by atoms with Crippen molar-refractivity contribution in [2.45, 2.75) is 58.5 Å². The number of halogens is 1. The van der Waals surface area contributed by atoms with Crippen molar-refractivity contribution in [2.75, 3.05) is 6.79 Å². The summed E-state index contributed by atoms with van der Waals surface area (Å²) in [5.74, 6) is -0.308. The van der Waals surface area contributed by atoms with Crippen molar-refractivity contribution in [3.8, 4) is 11.5 Å². The van der Waals surface area contributed by atoms with Gasteiger partial charge in [-0.3, -0.25) is 9.79 Å².